The highest BCUT2D eigenvalue weighted by Crippen LogP contribution is 2.30. The Morgan fingerprint density at radius 2 is 2.12 bits per heavy atom. The molecule has 1 heterocycles. The molecule has 0 bridgehead atoms. The molecule has 16 heavy (non-hydrogen) atoms. The SMILES string of the molecule is O=[N+]([O-])c1ccc(Cl)c(-c2cccnc2)c1. The van der Waals surface area contributed by atoms with Crippen LogP contribution in [-0.4, -0.2) is 9.91 Å². The van der Waals surface area contributed by atoms with E-state index >= 15 is 0 Å². The van der Waals surface area contributed by atoms with E-state index in [0.29, 0.717) is 10.6 Å². The lowest BCUT2D eigenvalue weighted by Crippen LogP contribution is -1.89. The summed E-state index contributed by atoms with van der Waals surface area (Å²) in [6.45, 7) is 0. The average molecular weight is 235 g/mol. The van der Waals surface area contributed by atoms with Gasteiger partial charge in [0.1, 0.15) is 0 Å². The second kappa shape index (κ2) is 4.28. The predicted molar refractivity (Wildman–Crippen MR) is 61.3 cm³/mol. The monoisotopic (exact) mass is 234 g/mol. The number of halogens is 1. The number of hydrogen-bond acceptors (Lipinski definition) is 3. The minimum absolute atomic E-state index is 0.0169. The summed E-state index contributed by atoms with van der Waals surface area (Å²) in [6, 6.07) is 7.89. The van der Waals surface area contributed by atoms with Gasteiger partial charge < -0.3 is 0 Å². The van der Waals surface area contributed by atoms with Crippen molar-refractivity contribution in [1.82, 2.24) is 4.98 Å². The highest BCUT2D eigenvalue weighted by atomic mass is 35.5. The molecule has 4 nitrogen and oxygen atoms in total. The van der Waals surface area contributed by atoms with Crippen LogP contribution in [0.5, 0.6) is 0 Å². The maximum Gasteiger partial charge on any atom is 0.270 e. The smallest absolute Gasteiger partial charge is 0.264 e. The number of nitro benzene ring substituents is 1. The Bertz CT molecular complexity index is 529. The molecule has 0 radical (unpaired) electrons. The topological polar surface area (TPSA) is 56.0 Å². The van der Waals surface area contributed by atoms with Crippen molar-refractivity contribution >= 4 is 17.3 Å². The highest BCUT2D eigenvalue weighted by molar-refractivity contribution is 6.33. The fraction of sp³-hybridized carbons (Fsp3) is 0. The minimum Gasteiger partial charge on any atom is -0.264 e. The molecule has 1 aromatic heterocycles. The van der Waals surface area contributed by atoms with E-state index in [1.165, 1.54) is 18.2 Å². The summed E-state index contributed by atoms with van der Waals surface area (Å²) in [7, 11) is 0. The van der Waals surface area contributed by atoms with Gasteiger partial charge in [0.2, 0.25) is 0 Å². The average Bonchev–Trinajstić information content (AvgIpc) is 2.30. The first-order chi connectivity index (χ1) is 7.68. The van der Waals surface area contributed by atoms with Crippen molar-refractivity contribution in [3.8, 4) is 11.1 Å². The molecule has 0 fully saturated rings. The van der Waals surface area contributed by atoms with E-state index in [4.69, 9.17) is 11.6 Å². The predicted octanol–water partition coefficient (Wildman–Crippen LogP) is 3.31. The van der Waals surface area contributed by atoms with Crippen molar-refractivity contribution < 1.29 is 4.92 Å². The molecule has 2 rings (SSSR count). The van der Waals surface area contributed by atoms with E-state index in [-0.39, 0.29) is 5.69 Å². The number of nitro groups is 1. The van der Waals surface area contributed by atoms with Gasteiger partial charge in [-0.3, -0.25) is 15.1 Å². The number of pyridine rings is 1. The van der Waals surface area contributed by atoms with E-state index in [1.807, 2.05) is 0 Å². The summed E-state index contributed by atoms with van der Waals surface area (Å²) < 4.78 is 0. The van der Waals surface area contributed by atoms with Gasteiger partial charge in [-0.25, -0.2) is 0 Å². The summed E-state index contributed by atoms with van der Waals surface area (Å²) in [5.41, 5.74) is 1.39. The van der Waals surface area contributed by atoms with Gasteiger partial charge in [-0.2, -0.15) is 0 Å². The Morgan fingerprint density at radius 1 is 1.31 bits per heavy atom. The molecule has 0 aliphatic carbocycles. The second-order valence-electron chi connectivity index (χ2n) is 3.16. The standard InChI is InChI=1S/C11H7ClN2O2/c12-11-4-3-9(14(15)16)6-10(11)8-2-1-5-13-7-8/h1-7H. The molecule has 0 N–H and O–H groups in total. The zero-order valence-electron chi connectivity index (χ0n) is 8.13. The quantitative estimate of drug-likeness (QED) is 0.592. The van der Waals surface area contributed by atoms with Crippen LogP contribution in [0.15, 0.2) is 42.7 Å². The largest absolute Gasteiger partial charge is 0.270 e. The first-order valence-electron chi connectivity index (χ1n) is 4.53. The number of non-ortho nitro benzene ring substituents is 1. The van der Waals surface area contributed by atoms with Crippen molar-refractivity contribution in [2.75, 3.05) is 0 Å². The third-order valence-electron chi connectivity index (χ3n) is 2.13. The third kappa shape index (κ3) is 2.01. The molecular weight excluding hydrogens is 228 g/mol. The lowest BCUT2D eigenvalue weighted by Gasteiger charge is -2.03. The van der Waals surface area contributed by atoms with Gasteiger partial charge in [0.25, 0.3) is 5.69 Å². The van der Waals surface area contributed by atoms with Crippen LogP contribution in [0, 0.1) is 10.1 Å². The normalized spacial score (nSPS) is 10.1. The molecule has 0 saturated carbocycles. The molecule has 0 aliphatic heterocycles. The molecular formula is C11H7ClN2O2. The number of benzene rings is 1. The molecule has 0 spiro atoms. The molecule has 0 amide bonds. The van der Waals surface area contributed by atoms with E-state index in [1.54, 1.807) is 24.5 Å². The first kappa shape index (κ1) is 10.6. The van der Waals surface area contributed by atoms with Crippen LogP contribution in [0.1, 0.15) is 0 Å². The molecule has 80 valence electrons. The van der Waals surface area contributed by atoms with Crippen molar-refractivity contribution in [1.29, 1.82) is 0 Å². The van der Waals surface area contributed by atoms with Crippen LogP contribution in [-0.2, 0) is 0 Å². The zero-order chi connectivity index (χ0) is 11.5. The van der Waals surface area contributed by atoms with Crippen LogP contribution in [0.25, 0.3) is 11.1 Å². The summed E-state index contributed by atoms with van der Waals surface area (Å²) in [5, 5.41) is 11.1. The number of nitrogens with zero attached hydrogens (tertiary/aromatic N) is 2. The van der Waals surface area contributed by atoms with Crippen molar-refractivity contribution in [3.63, 3.8) is 0 Å². The fourth-order valence-corrected chi connectivity index (χ4v) is 1.60. The summed E-state index contributed by atoms with van der Waals surface area (Å²) >= 11 is 5.99. The van der Waals surface area contributed by atoms with Crippen LogP contribution in [0.2, 0.25) is 5.02 Å². The Kier molecular flexibility index (Phi) is 2.83. The number of rotatable bonds is 2. The van der Waals surface area contributed by atoms with Crippen molar-refractivity contribution in [2.45, 2.75) is 0 Å². The van der Waals surface area contributed by atoms with E-state index < -0.39 is 4.92 Å². The van der Waals surface area contributed by atoms with Gasteiger partial charge in [-0.1, -0.05) is 17.7 Å². The lowest BCUT2D eigenvalue weighted by atomic mass is 10.1. The maximum absolute atomic E-state index is 10.6. The van der Waals surface area contributed by atoms with Crippen LogP contribution >= 0.6 is 11.6 Å². The third-order valence-corrected chi connectivity index (χ3v) is 2.46. The lowest BCUT2D eigenvalue weighted by molar-refractivity contribution is -0.384. The van der Waals surface area contributed by atoms with E-state index in [0.717, 1.165) is 5.56 Å². The second-order valence-corrected chi connectivity index (χ2v) is 3.57. The van der Waals surface area contributed by atoms with Gasteiger partial charge in [-0.15, -0.1) is 0 Å². The van der Waals surface area contributed by atoms with Gasteiger partial charge in [-0.05, 0) is 12.1 Å². The Morgan fingerprint density at radius 3 is 2.75 bits per heavy atom. The molecule has 0 atom stereocenters. The molecule has 0 unspecified atom stereocenters. The Balaban J connectivity index is 2.56. The van der Waals surface area contributed by atoms with Gasteiger partial charge in [0.15, 0.2) is 0 Å². The van der Waals surface area contributed by atoms with Gasteiger partial charge >= 0.3 is 0 Å². The number of aromatic nitrogens is 1. The maximum atomic E-state index is 10.6. The van der Waals surface area contributed by atoms with Crippen molar-refractivity contribution in [3.05, 3.63) is 57.9 Å². The molecule has 0 saturated heterocycles. The van der Waals surface area contributed by atoms with Crippen molar-refractivity contribution in [2.24, 2.45) is 0 Å². The first-order valence-corrected chi connectivity index (χ1v) is 4.90. The van der Waals surface area contributed by atoms with Gasteiger partial charge in [0.05, 0.1) is 4.92 Å². The summed E-state index contributed by atoms with van der Waals surface area (Å²) in [6.07, 6.45) is 3.25. The fourth-order valence-electron chi connectivity index (χ4n) is 1.37. The van der Waals surface area contributed by atoms with Crippen LogP contribution in [0.3, 0.4) is 0 Å². The molecule has 2 aromatic rings. The number of hydrogen-bond donors (Lipinski definition) is 0. The summed E-state index contributed by atoms with van der Waals surface area (Å²) in [5.74, 6) is 0. The zero-order valence-corrected chi connectivity index (χ0v) is 8.89. The molecule has 5 heteroatoms. The van der Waals surface area contributed by atoms with Crippen LogP contribution in [0.4, 0.5) is 5.69 Å². The highest BCUT2D eigenvalue weighted by Gasteiger charge is 2.10. The van der Waals surface area contributed by atoms with Crippen LogP contribution < -0.4 is 0 Å². The molecule has 0 aliphatic rings. The van der Waals surface area contributed by atoms with Gasteiger partial charge in [0, 0.05) is 40.7 Å². The summed E-state index contributed by atoms with van der Waals surface area (Å²) in [4.78, 5) is 14.1. The molecule has 1 aromatic carbocycles. The Labute approximate surface area is 96.7 Å². The minimum atomic E-state index is -0.448. The Hall–Kier alpha value is -1.94. The van der Waals surface area contributed by atoms with E-state index in [2.05, 4.69) is 4.98 Å². The van der Waals surface area contributed by atoms with E-state index in [9.17, 15) is 10.1 Å².